The van der Waals surface area contributed by atoms with E-state index in [2.05, 4.69) is 164 Å². The summed E-state index contributed by atoms with van der Waals surface area (Å²) in [4.78, 5) is 19.5. The Kier molecular flexibility index (Phi) is 6.77. The average molecular weight is 833 g/mol. The minimum atomic E-state index is 0.814. The van der Waals surface area contributed by atoms with Crippen LogP contribution in [0.1, 0.15) is 0 Å². The topological polar surface area (TPSA) is 84.4 Å². The number of aromatic nitrogens is 8. The van der Waals surface area contributed by atoms with Crippen molar-refractivity contribution in [2.75, 3.05) is 0 Å². The van der Waals surface area contributed by atoms with Crippen molar-refractivity contribution in [1.82, 2.24) is 38.2 Å². The van der Waals surface area contributed by atoms with Crippen LogP contribution in [-0.2, 0) is 0 Å². The molecule has 0 saturated carbocycles. The van der Waals surface area contributed by atoms with Gasteiger partial charge in [0.05, 0.1) is 71.9 Å². The number of pyridine rings is 4. The second-order valence-electron chi connectivity index (χ2n) is 16.7. The van der Waals surface area contributed by atoms with Crippen molar-refractivity contribution < 1.29 is 4.42 Å². The molecule has 0 N–H and O–H groups in total. The molecule has 9 aromatic heterocycles. The zero-order chi connectivity index (χ0) is 42.3. The standard InChI is InChI=1S/C56H32N8O/c1-3-13-42-37(10-1)52-46(16-6-26-57-52)61(42)33-20-23-44-40(31-33)54-48(18-8-28-59-54)63(44)35-22-25-51-39(30-35)36-12-5-15-50(56(36)65-51)64-45-24-21-34(32-41(45)55-49(64)19-9-29-60-55)62-43-14-4-2-11-38(43)53-47(62)17-7-27-58-53/h1-32H. The highest BCUT2D eigenvalue weighted by atomic mass is 16.3. The van der Waals surface area contributed by atoms with Crippen molar-refractivity contribution in [1.29, 1.82) is 0 Å². The molecule has 0 fully saturated rings. The molecule has 0 spiro atoms. The van der Waals surface area contributed by atoms with E-state index in [9.17, 15) is 0 Å². The summed E-state index contributed by atoms with van der Waals surface area (Å²) < 4.78 is 16.1. The van der Waals surface area contributed by atoms with Crippen molar-refractivity contribution in [3.63, 3.8) is 0 Å². The maximum absolute atomic E-state index is 6.88. The summed E-state index contributed by atoms with van der Waals surface area (Å²) in [6.07, 6.45) is 7.48. The van der Waals surface area contributed by atoms with Gasteiger partial charge in [-0.2, -0.15) is 0 Å². The van der Waals surface area contributed by atoms with Crippen molar-refractivity contribution in [2.24, 2.45) is 0 Å². The van der Waals surface area contributed by atoms with Gasteiger partial charge in [-0.15, -0.1) is 0 Å². The Hall–Kier alpha value is -9.08. The van der Waals surface area contributed by atoms with Crippen LogP contribution in [0.4, 0.5) is 0 Å². The number of benzene rings is 6. The van der Waals surface area contributed by atoms with Crippen molar-refractivity contribution in [3.8, 4) is 22.7 Å². The predicted octanol–water partition coefficient (Wildman–Crippen LogP) is 13.6. The maximum atomic E-state index is 6.88. The van der Waals surface area contributed by atoms with E-state index in [1.165, 1.54) is 0 Å². The van der Waals surface area contributed by atoms with Crippen LogP contribution in [-0.4, -0.2) is 38.2 Å². The third-order valence-corrected chi connectivity index (χ3v) is 13.3. The summed E-state index contributed by atoms with van der Waals surface area (Å²) in [6, 6.07) is 59.9. The molecule has 0 aliphatic rings. The van der Waals surface area contributed by atoms with E-state index in [-0.39, 0.29) is 0 Å². The van der Waals surface area contributed by atoms with Gasteiger partial charge in [-0.05, 0) is 121 Å². The van der Waals surface area contributed by atoms with Gasteiger partial charge in [0.1, 0.15) is 5.58 Å². The van der Waals surface area contributed by atoms with Crippen molar-refractivity contribution in [2.45, 2.75) is 0 Å². The molecule has 6 aromatic carbocycles. The first-order valence-electron chi connectivity index (χ1n) is 21.7. The van der Waals surface area contributed by atoms with E-state index in [4.69, 9.17) is 24.4 Å². The fraction of sp³-hybridized carbons (Fsp3) is 0. The summed E-state index contributed by atoms with van der Waals surface area (Å²) in [5.41, 5.74) is 18.1. The van der Waals surface area contributed by atoms with Crippen LogP contribution in [0.25, 0.3) is 132 Å². The maximum Gasteiger partial charge on any atom is 0.159 e. The zero-order valence-corrected chi connectivity index (χ0v) is 34.5. The predicted molar refractivity (Wildman–Crippen MR) is 262 cm³/mol. The van der Waals surface area contributed by atoms with Crippen LogP contribution in [0.15, 0.2) is 199 Å². The largest absolute Gasteiger partial charge is 0.454 e. The molecule has 9 heteroatoms. The summed E-state index contributed by atoms with van der Waals surface area (Å²) in [6.45, 7) is 0. The summed E-state index contributed by atoms with van der Waals surface area (Å²) in [5.74, 6) is 0. The molecule has 9 heterocycles. The highest BCUT2D eigenvalue weighted by molar-refractivity contribution is 6.14. The third-order valence-electron chi connectivity index (χ3n) is 13.3. The van der Waals surface area contributed by atoms with E-state index in [1.54, 1.807) is 0 Å². The molecule has 0 bridgehead atoms. The van der Waals surface area contributed by atoms with Gasteiger partial charge in [0.25, 0.3) is 0 Å². The van der Waals surface area contributed by atoms with E-state index in [0.717, 1.165) is 132 Å². The number of furan rings is 1. The number of hydrogen-bond acceptors (Lipinski definition) is 5. The molecular formula is C56H32N8O. The molecule has 0 radical (unpaired) electrons. The molecule has 0 aliphatic heterocycles. The van der Waals surface area contributed by atoms with Gasteiger partial charge in [0.15, 0.2) is 5.58 Å². The van der Waals surface area contributed by atoms with Gasteiger partial charge in [0, 0.05) is 74.2 Å². The number of rotatable bonds is 4. The Bertz CT molecular complexity index is 4400. The first-order chi connectivity index (χ1) is 32.3. The van der Waals surface area contributed by atoms with Crippen LogP contribution in [0, 0.1) is 0 Å². The van der Waals surface area contributed by atoms with Gasteiger partial charge in [0.2, 0.25) is 0 Å². The number of fused-ring (bicyclic) bond motifs is 15. The fourth-order valence-electron chi connectivity index (χ4n) is 10.7. The number of hydrogen-bond donors (Lipinski definition) is 0. The van der Waals surface area contributed by atoms with Crippen LogP contribution in [0.3, 0.4) is 0 Å². The van der Waals surface area contributed by atoms with Crippen LogP contribution in [0.5, 0.6) is 0 Å². The molecular weight excluding hydrogens is 801 g/mol. The smallest absolute Gasteiger partial charge is 0.159 e. The molecule has 65 heavy (non-hydrogen) atoms. The van der Waals surface area contributed by atoms with Crippen LogP contribution >= 0.6 is 0 Å². The molecule has 302 valence electrons. The van der Waals surface area contributed by atoms with Crippen LogP contribution < -0.4 is 0 Å². The minimum Gasteiger partial charge on any atom is -0.454 e. The molecule has 15 aromatic rings. The summed E-state index contributed by atoms with van der Waals surface area (Å²) >= 11 is 0. The highest BCUT2D eigenvalue weighted by Crippen LogP contribution is 2.41. The lowest BCUT2D eigenvalue weighted by Gasteiger charge is -2.10. The lowest BCUT2D eigenvalue weighted by atomic mass is 10.1. The molecule has 0 unspecified atom stereocenters. The number of nitrogens with zero attached hydrogens (tertiary/aromatic N) is 8. The Balaban J connectivity index is 0.907. The second kappa shape index (κ2) is 12.7. The fourth-order valence-corrected chi connectivity index (χ4v) is 10.7. The number of para-hydroxylation sites is 3. The second-order valence-corrected chi connectivity index (χ2v) is 16.7. The zero-order valence-electron chi connectivity index (χ0n) is 34.5. The van der Waals surface area contributed by atoms with E-state index in [0.29, 0.717) is 0 Å². The quantitative estimate of drug-likeness (QED) is 0.176. The minimum absolute atomic E-state index is 0.814. The molecule has 0 saturated heterocycles. The highest BCUT2D eigenvalue weighted by Gasteiger charge is 2.22. The molecule has 0 amide bonds. The van der Waals surface area contributed by atoms with Gasteiger partial charge in [-0.25, -0.2) is 0 Å². The molecule has 0 atom stereocenters. The van der Waals surface area contributed by atoms with Crippen molar-refractivity contribution >= 4 is 110 Å². The Morgan fingerprint density at radius 3 is 1.23 bits per heavy atom. The monoisotopic (exact) mass is 832 g/mol. The van der Waals surface area contributed by atoms with Gasteiger partial charge >= 0.3 is 0 Å². The Morgan fingerprint density at radius 2 is 0.692 bits per heavy atom. The van der Waals surface area contributed by atoms with Gasteiger partial charge < -0.3 is 22.7 Å². The van der Waals surface area contributed by atoms with Crippen molar-refractivity contribution in [3.05, 3.63) is 195 Å². The first-order valence-corrected chi connectivity index (χ1v) is 21.7. The molecule has 9 nitrogen and oxygen atoms in total. The normalized spacial score (nSPS) is 12.3. The van der Waals surface area contributed by atoms with E-state index >= 15 is 0 Å². The lowest BCUT2D eigenvalue weighted by Crippen LogP contribution is -1.96. The summed E-state index contributed by atoms with van der Waals surface area (Å²) in [7, 11) is 0. The van der Waals surface area contributed by atoms with E-state index < -0.39 is 0 Å². The SMILES string of the molecule is c1cc(-n2c3ccc(-n4c5ccccc5c5ncccc54)cc3c3ncccc32)c2oc3ccc(-n4c5ccc(-n6c7ccccc7c7ncccc76)cc5c5ncccc54)cc3c2c1. The molecule has 0 aliphatic carbocycles. The Morgan fingerprint density at radius 1 is 0.292 bits per heavy atom. The van der Waals surface area contributed by atoms with E-state index in [1.807, 2.05) is 49.1 Å². The third kappa shape index (κ3) is 4.65. The molecule has 15 rings (SSSR count). The lowest BCUT2D eigenvalue weighted by molar-refractivity contribution is 0.666. The van der Waals surface area contributed by atoms with Crippen LogP contribution in [0.2, 0.25) is 0 Å². The average Bonchev–Trinajstić information content (AvgIpc) is 4.16. The van der Waals surface area contributed by atoms with Gasteiger partial charge in [-0.1, -0.05) is 48.5 Å². The first kappa shape index (κ1) is 34.5. The van der Waals surface area contributed by atoms with Gasteiger partial charge in [-0.3, -0.25) is 19.9 Å². The Labute approximate surface area is 368 Å². The summed E-state index contributed by atoms with van der Waals surface area (Å²) in [5, 5.41) is 6.46.